The molecule has 1 aromatic carbocycles. The van der Waals surface area contributed by atoms with E-state index >= 15 is 0 Å². The molecule has 0 bridgehead atoms. The molecule has 17 heavy (non-hydrogen) atoms. The van der Waals surface area contributed by atoms with Crippen LogP contribution in [0.3, 0.4) is 0 Å². The minimum absolute atomic E-state index is 0.271. The molecule has 0 aliphatic carbocycles. The molecule has 0 saturated heterocycles. The maximum atomic E-state index is 5.51. The monoisotopic (exact) mass is 247 g/mol. The smallest absolute Gasteiger partial charge is 0.183 e. The van der Waals surface area contributed by atoms with Crippen LogP contribution in [-0.4, -0.2) is 11.5 Å². The van der Waals surface area contributed by atoms with Crippen LogP contribution < -0.4 is 11.1 Å². The van der Waals surface area contributed by atoms with Gasteiger partial charge in [0.15, 0.2) is 5.13 Å². The van der Waals surface area contributed by atoms with Crippen molar-refractivity contribution in [3.05, 3.63) is 47.0 Å². The van der Waals surface area contributed by atoms with Crippen molar-refractivity contribution in [2.75, 3.05) is 11.9 Å². The molecule has 0 aliphatic heterocycles. The SMILES string of the molecule is CC(Nc1nc(CCN)cs1)c1ccccc1. The van der Waals surface area contributed by atoms with Gasteiger partial charge in [0.05, 0.1) is 11.7 Å². The molecule has 4 heteroatoms. The Morgan fingerprint density at radius 3 is 2.82 bits per heavy atom. The van der Waals surface area contributed by atoms with E-state index in [1.165, 1.54) is 5.56 Å². The summed E-state index contributed by atoms with van der Waals surface area (Å²) in [6, 6.07) is 10.6. The minimum atomic E-state index is 0.271. The number of anilines is 1. The quantitative estimate of drug-likeness (QED) is 0.854. The van der Waals surface area contributed by atoms with E-state index in [4.69, 9.17) is 5.73 Å². The lowest BCUT2D eigenvalue weighted by Gasteiger charge is -2.12. The minimum Gasteiger partial charge on any atom is -0.355 e. The van der Waals surface area contributed by atoms with Gasteiger partial charge in [-0.15, -0.1) is 11.3 Å². The molecule has 0 amide bonds. The van der Waals surface area contributed by atoms with Crippen molar-refractivity contribution < 1.29 is 0 Å². The van der Waals surface area contributed by atoms with E-state index in [9.17, 15) is 0 Å². The molecule has 3 nitrogen and oxygen atoms in total. The number of aromatic nitrogens is 1. The van der Waals surface area contributed by atoms with E-state index in [-0.39, 0.29) is 6.04 Å². The van der Waals surface area contributed by atoms with Crippen LogP contribution in [0, 0.1) is 0 Å². The lowest BCUT2D eigenvalue weighted by atomic mass is 10.1. The first-order chi connectivity index (χ1) is 8.29. The normalized spacial score (nSPS) is 12.4. The number of benzene rings is 1. The topological polar surface area (TPSA) is 50.9 Å². The largest absolute Gasteiger partial charge is 0.355 e. The van der Waals surface area contributed by atoms with Crippen LogP contribution in [0.5, 0.6) is 0 Å². The van der Waals surface area contributed by atoms with E-state index in [0.717, 1.165) is 17.2 Å². The average molecular weight is 247 g/mol. The number of rotatable bonds is 5. The predicted molar refractivity (Wildman–Crippen MR) is 73.4 cm³/mol. The Labute approximate surface area is 106 Å². The van der Waals surface area contributed by atoms with Gasteiger partial charge in [-0.2, -0.15) is 0 Å². The van der Waals surface area contributed by atoms with Crippen LogP contribution in [0.15, 0.2) is 35.7 Å². The Hall–Kier alpha value is -1.39. The fraction of sp³-hybridized carbons (Fsp3) is 0.308. The van der Waals surface area contributed by atoms with Gasteiger partial charge in [0.2, 0.25) is 0 Å². The van der Waals surface area contributed by atoms with Gasteiger partial charge in [-0.05, 0) is 19.0 Å². The van der Waals surface area contributed by atoms with Crippen molar-refractivity contribution in [2.45, 2.75) is 19.4 Å². The number of nitrogens with one attached hydrogen (secondary N) is 1. The third-order valence-corrected chi connectivity index (χ3v) is 3.41. The third-order valence-electron chi connectivity index (χ3n) is 2.59. The highest BCUT2D eigenvalue weighted by Crippen LogP contribution is 2.22. The Morgan fingerprint density at radius 2 is 2.12 bits per heavy atom. The molecule has 0 saturated carbocycles. The highest BCUT2D eigenvalue weighted by molar-refractivity contribution is 7.13. The van der Waals surface area contributed by atoms with Crippen LogP contribution in [0.4, 0.5) is 5.13 Å². The first-order valence-electron chi connectivity index (χ1n) is 5.75. The Bertz CT molecular complexity index is 453. The third kappa shape index (κ3) is 3.28. The molecule has 0 spiro atoms. The molecule has 2 aromatic rings. The second-order valence-corrected chi connectivity index (χ2v) is 4.82. The van der Waals surface area contributed by atoms with Crippen molar-refractivity contribution >= 4 is 16.5 Å². The van der Waals surface area contributed by atoms with Gasteiger partial charge in [-0.1, -0.05) is 30.3 Å². The van der Waals surface area contributed by atoms with Gasteiger partial charge >= 0.3 is 0 Å². The summed E-state index contributed by atoms with van der Waals surface area (Å²) in [6.45, 7) is 2.79. The molecule has 1 unspecified atom stereocenters. The molecule has 0 fully saturated rings. The van der Waals surface area contributed by atoms with E-state index in [0.29, 0.717) is 6.54 Å². The standard InChI is InChI=1S/C13H17N3S/c1-10(11-5-3-2-4-6-11)15-13-16-12(7-8-14)9-17-13/h2-6,9-10H,7-8,14H2,1H3,(H,15,16). The van der Waals surface area contributed by atoms with Gasteiger partial charge in [-0.3, -0.25) is 0 Å². The first-order valence-corrected chi connectivity index (χ1v) is 6.63. The molecule has 2 rings (SSSR count). The van der Waals surface area contributed by atoms with E-state index < -0.39 is 0 Å². The number of nitrogens with two attached hydrogens (primary N) is 1. The number of thiazole rings is 1. The van der Waals surface area contributed by atoms with Crippen molar-refractivity contribution in [2.24, 2.45) is 5.73 Å². The Morgan fingerprint density at radius 1 is 1.35 bits per heavy atom. The Balaban J connectivity index is 2.00. The number of hydrogen-bond donors (Lipinski definition) is 2. The summed E-state index contributed by atoms with van der Waals surface area (Å²) < 4.78 is 0. The van der Waals surface area contributed by atoms with Crippen molar-refractivity contribution in [3.8, 4) is 0 Å². The van der Waals surface area contributed by atoms with Crippen LogP contribution in [0.1, 0.15) is 24.2 Å². The fourth-order valence-corrected chi connectivity index (χ4v) is 2.48. The summed E-state index contributed by atoms with van der Waals surface area (Å²) in [5.41, 5.74) is 7.84. The van der Waals surface area contributed by atoms with Gasteiger partial charge in [0, 0.05) is 11.8 Å². The second-order valence-electron chi connectivity index (χ2n) is 3.96. The summed E-state index contributed by atoms with van der Waals surface area (Å²) in [5.74, 6) is 0. The summed E-state index contributed by atoms with van der Waals surface area (Å²) in [5, 5.41) is 6.43. The predicted octanol–water partition coefficient (Wildman–Crippen LogP) is 2.82. The van der Waals surface area contributed by atoms with Gasteiger partial charge in [0.25, 0.3) is 0 Å². The van der Waals surface area contributed by atoms with Gasteiger partial charge < -0.3 is 11.1 Å². The molecule has 0 aliphatic rings. The van der Waals surface area contributed by atoms with Gasteiger partial charge in [0.1, 0.15) is 0 Å². The van der Waals surface area contributed by atoms with E-state index in [1.54, 1.807) is 11.3 Å². The molecule has 1 heterocycles. The molecule has 90 valence electrons. The number of hydrogen-bond acceptors (Lipinski definition) is 4. The molecule has 3 N–H and O–H groups in total. The van der Waals surface area contributed by atoms with Crippen LogP contribution >= 0.6 is 11.3 Å². The van der Waals surface area contributed by atoms with Crippen molar-refractivity contribution in [1.29, 1.82) is 0 Å². The molecule has 0 radical (unpaired) electrons. The molecule has 1 aromatic heterocycles. The highest BCUT2D eigenvalue weighted by atomic mass is 32.1. The summed E-state index contributed by atoms with van der Waals surface area (Å²) in [4.78, 5) is 4.49. The lowest BCUT2D eigenvalue weighted by Crippen LogP contribution is -2.07. The van der Waals surface area contributed by atoms with Crippen molar-refractivity contribution in [3.63, 3.8) is 0 Å². The lowest BCUT2D eigenvalue weighted by molar-refractivity contribution is 0.873. The van der Waals surface area contributed by atoms with Crippen LogP contribution in [-0.2, 0) is 6.42 Å². The zero-order valence-electron chi connectivity index (χ0n) is 9.89. The maximum absolute atomic E-state index is 5.51. The Kier molecular flexibility index (Phi) is 4.12. The molecular weight excluding hydrogens is 230 g/mol. The molecule has 1 atom stereocenters. The fourth-order valence-electron chi connectivity index (χ4n) is 1.65. The highest BCUT2D eigenvalue weighted by Gasteiger charge is 2.07. The summed E-state index contributed by atoms with van der Waals surface area (Å²) in [7, 11) is 0. The van der Waals surface area contributed by atoms with E-state index in [2.05, 4.69) is 46.9 Å². The van der Waals surface area contributed by atoms with Gasteiger partial charge in [-0.25, -0.2) is 4.98 Å². The zero-order valence-corrected chi connectivity index (χ0v) is 10.7. The summed E-state index contributed by atoms with van der Waals surface area (Å²) in [6.07, 6.45) is 0.845. The first kappa shape index (κ1) is 12.1. The molecular formula is C13H17N3S. The van der Waals surface area contributed by atoms with E-state index in [1.807, 2.05) is 6.07 Å². The van der Waals surface area contributed by atoms with Crippen molar-refractivity contribution in [1.82, 2.24) is 4.98 Å². The second kappa shape index (κ2) is 5.80. The summed E-state index contributed by atoms with van der Waals surface area (Å²) >= 11 is 1.63. The van der Waals surface area contributed by atoms with Crippen LogP contribution in [0.25, 0.3) is 0 Å². The average Bonchev–Trinajstić information content (AvgIpc) is 2.78. The number of nitrogens with zero attached hydrogens (tertiary/aromatic N) is 1. The van der Waals surface area contributed by atoms with Crippen LogP contribution in [0.2, 0.25) is 0 Å². The zero-order chi connectivity index (χ0) is 12.1. The maximum Gasteiger partial charge on any atom is 0.183 e.